The summed E-state index contributed by atoms with van der Waals surface area (Å²) in [5.74, 6) is -0.417. The standard InChI is InChI=1S/C3H4FN3.C2H4O/c1-7-3(4)2-5-6-7;1-2-3/h2H,1H3;2H,1H3. The molecule has 0 saturated carbocycles. The van der Waals surface area contributed by atoms with E-state index in [2.05, 4.69) is 10.3 Å². The van der Waals surface area contributed by atoms with Crippen molar-refractivity contribution >= 4 is 6.29 Å². The SMILES string of the molecule is CC=O.Cn1nncc1F. The smallest absolute Gasteiger partial charge is 0.231 e. The maximum absolute atomic E-state index is 11.9. The zero-order valence-corrected chi connectivity index (χ0v) is 5.78. The number of aryl methyl sites for hydroxylation is 1. The molecule has 0 spiro atoms. The fraction of sp³-hybridized carbons (Fsp3) is 0.400. The molecule has 10 heavy (non-hydrogen) atoms. The van der Waals surface area contributed by atoms with Crippen LogP contribution in [0.25, 0.3) is 0 Å². The highest BCUT2D eigenvalue weighted by Gasteiger charge is 1.90. The van der Waals surface area contributed by atoms with E-state index in [1.54, 1.807) is 0 Å². The molecule has 1 rings (SSSR count). The van der Waals surface area contributed by atoms with Gasteiger partial charge in [0, 0.05) is 7.05 Å². The largest absolute Gasteiger partial charge is 0.304 e. The highest BCUT2D eigenvalue weighted by Crippen LogP contribution is 1.84. The van der Waals surface area contributed by atoms with Crippen molar-refractivity contribution in [3.63, 3.8) is 0 Å². The predicted molar refractivity (Wildman–Crippen MR) is 32.7 cm³/mol. The van der Waals surface area contributed by atoms with Gasteiger partial charge in [0.15, 0.2) is 0 Å². The Morgan fingerprint density at radius 2 is 2.30 bits per heavy atom. The van der Waals surface area contributed by atoms with E-state index in [4.69, 9.17) is 4.79 Å². The van der Waals surface area contributed by atoms with Crippen LogP contribution in [-0.4, -0.2) is 21.3 Å². The lowest BCUT2D eigenvalue weighted by Gasteiger charge is -1.80. The van der Waals surface area contributed by atoms with Crippen LogP contribution >= 0.6 is 0 Å². The van der Waals surface area contributed by atoms with Gasteiger partial charge in [-0.25, -0.2) is 4.68 Å². The van der Waals surface area contributed by atoms with Gasteiger partial charge >= 0.3 is 0 Å². The van der Waals surface area contributed by atoms with Crippen LogP contribution in [-0.2, 0) is 11.8 Å². The number of carbonyl (C=O) groups is 1. The van der Waals surface area contributed by atoms with E-state index in [-0.39, 0.29) is 0 Å². The van der Waals surface area contributed by atoms with Gasteiger partial charge < -0.3 is 4.79 Å². The Balaban J connectivity index is 0.000000236. The van der Waals surface area contributed by atoms with Gasteiger partial charge in [0.05, 0.1) is 0 Å². The van der Waals surface area contributed by atoms with Crippen molar-refractivity contribution in [2.75, 3.05) is 0 Å². The summed E-state index contributed by atoms with van der Waals surface area (Å²) in [5, 5.41) is 6.57. The molecule has 1 aromatic heterocycles. The molecule has 56 valence electrons. The van der Waals surface area contributed by atoms with Gasteiger partial charge in [-0.2, -0.15) is 4.39 Å². The van der Waals surface area contributed by atoms with E-state index >= 15 is 0 Å². The molecule has 1 aromatic rings. The molecule has 0 aliphatic rings. The van der Waals surface area contributed by atoms with Crippen molar-refractivity contribution < 1.29 is 9.18 Å². The van der Waals surface area contributed by atoms with Crippen LogP contribution in [0.15, 0.2) is 6.20 Å². The number of hydrogen-bond acceptors (Lipinski definition) is 3. The van der Waals surface area contributed by atoms with Crippen molar-refractivity contribution in [1.29, 1.82) is 0 Å². The van der Waals surface area contributed by atoms with Crippen molar-refractivity contribution in [1.82, 2.24) is 15.0 Å². The number of aromatic nitrogens is 3. The van der Waals surface area contributed by atoms with Gasteiger partial charge in [-0.15, -0.1) is 5.10 Å². The van der Waals surface area contributed by atoms with Crippen LogP contribution in [0.2, 0.25) is 0 Å². The second-order valence-electron chi connectivity index (χ2n) is 1.42. The molecule has 0 atom stereocenters. The Morgan fingerprint density at radius 1 is 1.80 bits per heavy atom. The molecule has 0 aromatic carbocycles. The Labute approximate surface area is 57.7 Å². The first kappa shape index (κ1) is 8.74. The average molecular weight is 145 g/mol. The lowest BCUT2D eigenvalue weighted by molar-refractivity contribution is -0.106. The molecule has 0 unspecified atom stereocenters. The van der Waals surface area contributed by atoms with E-state index in [0.29, 0.717) is 0 Å². The molecule has 5 heteroatoms. The van der Waals surface area contributed by atoms with Gasteiger partial charge in [0.2, 0.25) is 5.95 Å². The molecule has 0 aliphatic heterocycles. The van der Waals surface area contributed by atoms with Crippen LogP contribution < -0.4 is 0 Å². The minimum atomic E-state index is -0.417. The summed E-state index contributed by atoms with van der Waals surface area (Å²) < 4.78 is 13.0. The summed E-state index contributed by atoms with van der Waals surface area (Å²) >= 11 is 0. The monoisotopic (exact) mass is 145 g/mol. The zero-order valence-electron chi connectivity index (χ0n) is 5.78. The van der Waals surface area contributed by atoms with Crippen LogP contribution in [0.1, 0.15) is 6.92 Å². The normalized spacial score (nSPS) is 7.90. The second kappa shape index (κ2) is 4.60. The predicted octanol–water partition coefficient (Wildman–Crippen LogP) is 0.159. The van der Waals surface area contributed by atoms with E-state index in [9.17, 15) is 4.39 Å². The van der Waals surface area contributed by atoms with E-state index in [1.807, 2.05) is 0 Å². The Kier molecular flexibility index (Phi) is 4.02. The van der Waals surface area contributed by atoms with Crippen molar-refractivity contribution in [3.05, 3.63) is 12.1 Å². The van der Waals surface area contributed by atoms with E-state index < -0.39 is 5.95 Å². The first-order valence-electron chi connectivity index (χ1n) is 2.62. The van der Waals surface area contributed by atoms with Crippen LogP contribution in [0.3, 0.4) is 0 Å². The first-order valence-corrected chi connectivity index (χ1v) is 2.62. The maximum atomic E-state index is 11.9. The second-order valence-corrected chi connectivity index (χ2v) is 1.42. The summed E-state index contributed by atoms with van der Waals surface area (Å²) in [6, 6.07) is 0. The van der Waals surface area contributed by atoms with Gasteiger partial charge in [0.1, 0.15) is 12.5 Å². The highest BCUT2D eigenvalue weighted by molar-refractivity contribution is 5.44. The molecule has 0 amide bonds. The topological polar surface area (TPSA) is 47.8 Å². The number of nitrogens with zero attached hydrogens (tertiary/aromatic N) is 3. The van der Waals surface area contributed by atoms with E-state index in [1.165, 1.54) is 14.0 Å². The molecule has 0 N–H and O–H groups in total. The fourth-order valence-electron chi connectivity index (χ4n) is 0.277. The van der Waals surface area contributed by atoms with Crippen LogP contribution in [0.5, 0.6) is 0 Å². The quantitative estimate of drug-likeness (QED) is 0.488. The number of carbonyl (C=O) groups excluding carboxylic acids is 1. The highest BCUT2D eigenvalue weighted by atomic mass is 19.1. The van der Waals surface area contributed by atoms with Crippen molar-refractivity contribution in [3.8, 4) is 0 Å². The average Bonchev–Trinajstić information content (AvgIpc) is 2.19. The summed E-state index contributed by atoms with van der Waals surface area (Å²) in [6.07, 6.45) is 1.81. The van der Waals surface area contributed by atoms with Crippen LogP contribution in [0.4, 0.5) is 4.39 Å². The summed E-state index contributed by atoms with van der Waals surface area (Å²) in [7, 11) is 1.49. The van der Waals surface area contributed by atoms with Gasteiger partial charge in [-0.05, 0) is 6.92 Å². The lowest BCUT2D eigenvalue weighted by Crippen LogP contribution is -1.92. The third-order valence-corrected chi connectivity index (χ3v) is 0.659. The minimum Gasteiger partial charge on any atom is -0.304 e. The molecule has 4 nitrogen and oxygen atoms in total. The Bertz CT molecular complexity index is 182. The molecule has 0 bridgehead atoms. The van der Waals surface area contributed by atoms with Crippen LogP contribution in [0, 0.1) is 5.95 Å². The summed E-state index contributed by atoms with van der Waals surface area (Å²) in [4.78, 5) is 8.81. The molecular weight excluding hydrogens is 137 g/mol. The van der Waals surface area contributed by atoms with Gasteiger partial charge in [-0.1, -0.05) is 5.21 Å². The first-order chi connectivity index (χ1) is 4.72. The molecule has 0 aliphatic carbocycles. The third kappa shape index (κ3) is 2.91. The molecule has 0 radical (unpaired) electrons. The number of halogens is 1. The third-order valence-electron chi connectivity index (χ3n) is 0.659. The molecule has 0 fully saturated rings. The number of rotatable bonds is 0. The molecule has 1 heterocycles. The number of aldehydes is 1. The minimum absolute atomic E-state index is 0.417. The lowest BCUT2D eigenvalue weighted by atomic mass is 10.9. The maximum Gasteiger partial charge on any atom is 0.231 e. The Morgan fingerprint density at radius 3 is 2.40 bits per heavy atom. The van der Waals surface area contributed by atoms with Gasteiger partial charge in [0.25, 0.3) is 0 Å². The van der Waals surface area contributed by atoms with E-state index in [0.717, 1.165) is 17.2 Å². The van der Waals surface area contributed by atoms with Crippen molar-refractivity contribution in [2.45, 2.75) is 6.92 Å². The molecule has 0 saturated heterocycles. The number of hydrogen-bond donors (Lipinski definition) is 0. The molecular formula is C5H8FN3O. The Hall–Kier alpha value is -1.26. The van der Waals surface area contributed by atoms with Crippen molar-refractivity contribution in [2.24, 2.45) is 7.05 Å². The summed E-state index contributed by atoms with van der Waals surface area (Å²) in [6.45, 7) is 1.44. The fourth-order valence-corrected chi connectivity index (χ4v) is 0.277. The zero-order chi connectivity index (χ0) is 7.98. The van der Waals surface area contributed by atoms with Gasteiger partial charge in [-0.3, -0.25) is 0 Å². The summed E-state index contributed by atoms with van der Waals surface area (Å²) in [5.41, 5.74) is 0.